The predicted molar refractivity (Wildman–Crippen MR) is 145 cm³/mol. The summed E-state index contributed by atoms with van der Waals surface area (Å²) < 4.78 is 0. The number of anilines is 1. The fourth-order valence-electron chi connectivity index (χ4n) is 4.16. The monoisotopic (exact) mass is 488 g/mol. The van der Waals surface area contributed by atoms with Crippen LogP contribution in [0.25, 0.3) is 10.9 Å². The number of aromatic nitrogens is 1. The highest BCUT2D eigenvalue weighted by Gasteiger charge is 2.20. The van der Waals surface area contributed by atoms with Crippen molar-refractivity contribution >= 4 is 45.5 Å². The Bertz CT molecular complexity index is 1420. The average Bonchev–Trinajstić information content (AvgIpc) is 3.14. The van der Waals surface area contributed by atoms with Gasteiger partial charge in [-0.2, -0.15) is 0 Å². The number of halogens is 1. The van der Waals surface area contributed by atoms with E-state index in [9.17, 15) is 9.90 Å². The number of carbonyl (C=O) groups is 1. The van der Waals surface area contributed by atoms with Crippen molar-refractivity contribution in [2.75, 3.05) is 32.6 Å². The van der Waals surface area contributed by atoms with E-state index in [4.69, 9.17) is 16.6 Å². The Balaban J connectivity index is 1.87. The van der Waals surface area contributed by atoms with Gasteiger partial charge in [0.05, 0.1) is 29.0 Å². The van der Waals surface area contributed by atoms with Gasteiger partial charge < -0.3 is 19.9 Å². The number of hydrogen-bond donors (Lipinski definition) is 2. The number of likely N-dealkylation sites (N-methyl/N-ethyl adjacent to an activating group) is 2. The molecule has 6 nitrogen and oxygen atoms in total. The van der Waals surface area contributed by atoms with E-state index in [0.717, 1.165) is 39.0 Å². The lowest BCUT2D eigenvalue weighted by Crippen LogP contribution is -2.35. The number of aromatic amines is 1. The molecule has 1 aromatic heterocycles. The molecule has 3 aromatic carbocycles. The number of fused-ring (bicyclic) bond motifs is 1. The third kappa shape index (κ3) is 4.94. The standard InChI is InChI=1S/C28H29ClN4O2/c1-17-18(2)24(33(5)25(34)16-32(3)4)14-13-22(17)30-27(19-9-7-6-8-10-19)26-21-12-11-20(29)15-23(21)31-28(26)35/h6-15,31,35H,16H2,1-5H3. The normalized spacial score (nSPS) is 11.9. The molecule has 7 heteroatoms. The summed E-state index contributed by atoms with van der Waals surface area (Å²) in [7, 11) is 5.54. The SMILES string of the molecule is Cc1c(N=C(c2ccccc2)c2c(O)[nH]c3cc(Cl)ccc23)ccc(N(C)C(=O)CN(C)C)c1C. The van der Waals surface area contributed by atoms with Gasteiger partial charge in [-0.3, -0.25) is 4.79 Å². The van der Waals surface area contributed by atoms with Gasteiger partial charge >= 0.3 is 0 Å². The average molecular weight is 489 g/mol. The molecule has 1 heterocycles. The number of amides is 1. The minimum absolute atomic E-state index is 0.0149. The second-order valence-corrected chi connectivity index (χ2v) is 9.35. The fraction of sp³-hybridized carbons (Fsp3) is 0.214. The highest BCUT2D eigenvalue weighted by atomic mass is 35.5. The first-order chi connectivity index (χ1) is 16.7. The summed E-state index contributed by atoms with van der Waals surface area (Å²) in [6.45, 7) is 4.33. The van der Waals surface area contributed by atoms with E-state index in [1.54, 1.807) is 24.1 Å². The number of H-pyrrole nitrogens is 1. The topological polar surface area (TPSA) is 71.9 Å². The van der Waals surface area contributed by atoms with Gasteiger partial charge in [0, 0.05) is 28.7 Å². The second kappa shape index (κ2) is 9.94. The molecule has 0 fully saturated rings. The molecule has 35 heavy (non-hydrogen) atoms. The van der Waals surface area contributed by atoms with Gasteiger partial charge in [0.2, 0.25) is 5.91 Å². The molecular weight excluding hydrogens is 460 g/mol. The Morgan fingerprint density at radius 3 is 2.40 bits per heavy atom. The molecule has 0 bridgehead atoms. The van der Waals surface area contributed by atoms with Crippen LogP contribution < -0.4 is 4.90 Å². The largest absolute Gasteiger partial charge is 0.494 e. The van der Waals surface area contributed by atoms with Gasteiger partial charge in [0.25, 0.3) is 0 Å². The molecule has 0 saturated carbocycles. The van der Waals surface area contributed by atoms with Crippen molar-refractivity contribution in [3.8, 4) is 5.88 Å². The van der Waals surface area contributed by atoms with E-state index in [-0.39, 0.29) is 11.8 Å². The molecule has 0 atom stereocenters. The summed E-state index contributed by atoms with van der Waals surface area (Å²) >= 11 is 6.17. The summed E-state index contributed by atoms with van der Waals surface area (Å²) in [5, 5.41) is 12.3. The summed E-state index contributed by atoms with van der Waals surface area (Å²) in [5.74, 6) is 0.0472. The van der Waals surface area contributed by atoms with E-state index in [1.165, 1.54) is 0 Å². The maximum absolute atomic E-state index is 12.6. The van der Waals surface area contributed by atoms with Crippen LogP contribution in [-0.4, -0.2) is 54.3 Å². The summed E-state index contributed by atoms with van der Waals surface area (Å²) in [5.41, 5.74) is 6.41. The number of aliphatic imine (C=N–C) groups is 1. The van der Waals surface area contributed by atoms with Crippen molar-refractivity contribution < 1.29 is 9.90 Å². The van der Waals surface area contributed by atoms with Gasteiger partial charge in [-0.15, -0.1) is 0 Å². The van der Waals surface area contributed by atoms with E-state index < -0.39 is 0 Å². The molecule has 4 rings (SSSR count). The van der Waals surface area contributed by atoms with Crippen molar-refractivity contribution in [2.45, 2.75) is 13.8 Å². The maximum atomic E-state index is 12.6. The molecule has 0 unspecified atom stereocenters. The number of carbonyl (C=O) groups excluding carboxylic acids is 1. The zero-order chi connectivity index (χ0) is 25.3. The first-order valence-corrected chi connectivity index (χ1v) is 11.7. The van der Waals surface area contributed by atoms with Gasteiger partial charge in [-0.1, -0.05) is 48.0 Å². The van der Waals surface area contributed by atoms with Crippen LogP contribution >= 0.6 is 11.6 Å². The lowest BCUT2D eigenvalue weighted by Gasteiger charge is -2.23. The Morgan fingerprint density at radius 2 is 1.71 bits per heavy atom. The van der Waals surface area contributed by atoms with Crippen LogP contribution in [0.15, 0.2) is 65.7 Å². The van der Waals surface area contributed by atoms with Crippen LogP contribution in [0.4, 0.5) is 11.4 Å². The zero-order valence-electron chi connectivity index (χ0n) is 20.6. The van der Waals surface area contributed by atoms with Gasteiger partial charge in [0.1, 0.15) is 0 Å². The number of nitrogens with one attached hydrogen (secondary N) is 1. The molecule has 180 valence electrons. The minimum atomic E-state index is 0.0149. The minimum Gasteiger partial charge on any atom is -0.494 e. The second-order valence-electron chi connectivity index (χ2n) is 8.91. The van der Waals surface area contributed by atoms with Crippen LogP contribution in [0.3, 0.4) is 0 Å². The number of rotatable bonds is 6. The van der Waals surface area contributed by atoms with Crippen LogP contribution in [0.5, 0.6) is 5.88 Å². The van der Waals surface area contributed by atoms with Crippen LogP contribution in [-0.2, 0) is 4.79 Å². The number of hydrogen-bond acceptors (Lipinski definition) is 4. The molecule has 0 spiro atoms. The fourth-order valence-corrected chi connectivity index (χ4v) is 4.34. The van der Waals surface area contributed by atoms with Crippen molar-refractivity contribution in [3.05, 3.63) is 87.9 Å². The molecule has 2 N–H and O–H groups in total. The molecule has 1 amide bonds. The number of benzene rings is 3. The van der Waals surface area contributed by atoms with E-state index in [1.807, 2.05) is 81.4 Å². The van der Waals surface area contributed by atoms with Crippen molar-refractivity contribution in [3.63, 3.8) is 0 Å². The van der Waals surface area contributed by atoms with Gasteiger partial charge in [-0.25, -0.2) is 4.99 Å². The van der Waals surface area contributed by atoms with Crippen LogP contribution in [0, 0.1) is 13.8 Å². The van der Waals surface area contributed by atoms with Gasteiger partial charge in [-0.05, 0) is 63.3 Å². The Hall–Kier alpha value is -3.61. The number of nitrogens with zero attached hydrogens (tertiary/aromatic N) is 3. The maximum Gasteiger partial charge on any atom is 0.240 e. The third-order valence-corrected chi connectivity index (χ3v) is 6.41. The molecule has 0 aliphatic heterocycles. The highest BCUT2D eigenvalue weighted by molar-refractivity contribution is 6.31. The quantitative estimate of drug-likeness (QED) is 0.335. The molecule has 0 aliphatic carbocycles. The third-order valence-electron chi connectivity index (χ3n) is 6.17. The lowest BCUT2D eigenvalue weighted by atomic mass is 10.00. The van der Waals surface area contributed by atoms with Crippen molar-refractivity contribution in [1.29, 1.82) is 0 Å². The summed E-state index contributed by atoms with van der Waals surface area (Å²) in [6.07, 6.45) is 0. The van der Waals surface area contributed by atoms with Crippen LogP contribution in [0.1, 0.15) is 22.3 Å². The Kier molecular flexibility index (Phi) is 6.96. The summed E-state index contributed by atoms with van der Waals surface area (Å²) in [6, 6.07) is 19.1. The Morgan fingerprint density at radius 1 is 1.00 bits per heavy atom. The molecule has 0 saturated heterocycles. The predicted octanol–water partition coefficient (Wildman–Crippen LogP) is 5.84. The van der Waals surface area contributed by atoms with Crippen LogP contribution in [0.2, 0.25) is 5.02 Å². The smallest absolute Gasteiger partial charge is 0.240 e. The van der Waals surface area contributed by atoms with Gasteiger partial charge in [0.15, 0.2) is 5.88 Å². The Labute approximate surface area is 210 Å². The van der Waals surface area contributed by atoms with E-state index >= 15 is 0 Å². The molecule has 0 radical (unpaired) electrons. The lowest BCUT2D eigenvalue weighted by molar-refractivity contribution is -0.118. The van der Waals surface area contributed by atoms with E-state index in [0.29, 0.717) is 22.8 Å². The molecule has 4 aromatic rings. The highest BCUT2D eigenvalue weighted by Crippen LogP contribution is 2.35. The molecule has 0 aliphatic rings. The first kappa shape index (κ1) is 24.5. The number of aromatic hydroxyl groups is 1. The summed E-state index contributed by atoms with van der Waals surface area (Å²) in [4.78, 5) is 24.2. The van der Waals surface area contributed by atoms with Crippen molar-refractivity contribution in [1.82, 2.24) is 9.88 Å². The van der Waals surface area contributed by atoms with E-state index in [2.05, 4.69) is 4.98 Å². The zero-order valence-corrected chi connectivity index (χ0v) is 21.3. The first-order valence-electron chi connectivity index (χ1n) is 11.3. The van der Waals surface area contributed by atoms with Crippen molar-refractivity contribution in [2.24, 2.45) is 4.99 Å². The molecular formula is C28H29ClN4O2.